The molecule has 0 bridgehead atoms. The first-order valence-corrected chi connectivity index (χ1v) is 5.61. The van der Waals surface area contributed by atoms with Gasteiger partial charge >= 0.3 is 0 Å². The molecule has 2 aromatic heterocycles. The Morgan fingerprint density at radius 1 is 1.11 bits per heavy atom. The maximum absolute atomic E-state index is 12.1. The third-order valence-electron chi connectivity index (χ3n) is 2.49. The van der Waals surface area contributed by atoms with Crippen LogP contribution in [0.5, 0.6) is 11.8 Å². The van der Waals surface area contributed by atoms with Gasteiger partial charge in [-0.25, -0.2) is 15.0 Å². The number of methoxy groups -OCH3 is 2. The molecule has 6 heteroatoms. The molecule has 0 spiro atoms. The second kappa shape index (κ2) is 5.90. The Morgan fingerprint density at radius 2 is 1.89 bits per heavy atom. The number of nitrogens with zero attached hydrogens (tertiary/aromatic N) is 3. The average molecular weight is 259 g/mol. The topological polar surface area (TPSA) is 74.2 Å². The van der Waals surface area contributed by atoms with Gasteiger partial charge in [0.1, 0.15) is 0 Å². The van der Waals surface area contributed by atoms with Crippen LogP contribution >= 0.6 is 0 Å². The molecule has 2 rings (SSSR count). The van der Waals surface area contributed by atoms with E-state index in [1.807, 2.05) is 0 Å². The van der Waals surface area contributed by atoms with Gasteiger partial charge in [-0.3, -0.25) is 4.79 Å². The van der Waals surface area contributed by atoms with Crippen molar-refractivity contribution in [1.29, 1.82) is 0 Å². The number of rotatable bonds is 5. The lowest BCUT2D eigenvalue weighted by Crippen LogP contribution is -2.09. The van der Waals surface area contributed by atoms with Crippen molar-refractivity contribution in [3.8, 4) is 11.8 Å². The van der Waals surface area contributed by atoms with E-state index in [1.54, 1.807) is 18.3 Å². The molecule has 0 aliphatic carbocycles. The van der Waals surface area contributed by atoms with E-state index < -0.39 is 0 Å². The number of aromatic nitrogens is 3. The molecule has 0 N–H and O–H groups in total. The minimum Gasteiger partial charge on any atom is -0.481 e. The summed E-state index contributed by atoms with van der Waals surface area (Å²) in [4.78, 5) is 24.1. The number of ether oxygens (including phenoxy) is 2. The molecular formula is C13H13N3O3. The van der Waals surface area contributed by atoms with Gasteiger partial charge < -0.3 is 9.47 Å². The summed E-state index contributed by atoms with van der Waals surface area (Å²) in [5, 5.41) is 0. The fraction of sp³-hybridized carbons (Fsp3) is 0.231. The molecule has 0 radical (unpaired) electrons. The van der Waals surface area contributed by atoms with E-state index in [1.165, 1.54) is 26.6 Å². The summed E-state index contributed by atoms with van der Waals surface area (Å²) < 4.78 is 9.97. The van der Waals surface area contributed by atoms with Gasteiger partial charge in [-0.1, -0.05) is 6.07 Å². The van der Waals surface area contributed by atoms with Crippen molar-refractivity contribution >= 4 is 5.78 Å². The number of Topliss-reactive ketones (excluding diaryl/α,β-unsaturated/α-hetero) is 1. The van der Waals surface area contributed by atoms with Gasteiger partial charge in [-0.2, -0.15) is 0 Å². The van der Waals surface area contributed by atoms with E-state index in [9.17, 15) is 4.79 Å². The van der Waals surface area contributed by atoms with Crippen LogP contribution in [0.1, 0.15) is 16.1 Å². The van der Waals surface area contributed by atoms with Crippen LogP contribution < -0.4 is 9.47 Å². The Bertz CT molecular complexity index is 570. The van der Waals surface area contributed by atoms with Gasteiger partial charge in [0.2, 0.25) is 11.8 Å². The Balaban J connectivity index is 2.16. The molecule has 0 unspecified atom stereocenters. The second-order valence-corrected chi connectivity index (χ2v) is 3.72. The van der Waals surface area contributed by atoms with Crippen molar-refractivity contribution in [3.63, 3.8) is 0 Å². The minimum atomic E-state index is -0.170. The van der Waals surface area contributed by atoms with Crippen LogP contribution in [0.2, 0.25) is 0 Å². The van der Waals surface area contributed by atoms with Crippen molar-refractivity contribution in [2.75, 3.05) is 14.2 Å². The second-order valence-electron chi connectivity index (χ2n) is 3.72. The molecule has 0 amide bonds. The van der Waals surface area contributed by atoms with Crippen LogP contribution in [0, 0.1) is 0 Å². The standard InChI is InChI=1S/C13H13N3O3/c1-18-11-4-3-9(8-16-11)7-10(17)12-13(19-2)15-6-5-14-12/h3-6,8H,7H2,1-2H3. The predicted molar refractivity (Wildman–Crippen MR) is 67.4 cm³/mol. The molecule has 6 nitrogen and oxygen atoms in total. The first-order valence-electron chi connectivity index (χ1n) is 5.61. The van der Waals surface area contributed by atoms with Gasteiger partial charge in [-0.15, -0.1) is 0 Å². The van der Waals surface area contributed by atoms with Gasteiger partial charge in [0.15, 0.2) is 11.5 Å². The first kappa shape index (κ1) is 12.9. The van der Waals surface area contributed by atoms with Gasteiger partial charge in [0.25, 0.3) is 0 Å². The largest absolute Gasteiger partial charge is 0.481 e. The van der Waals surface area contributed by atoms with E-state index >= 15 is 0 Å². The van der Waals surface area contributed by atoms with Crippen molar-refractivity contribution in [2.45, 2.75) is 6.42 Å². The molecule has 98 valence electrons. The van der Waals surface area contributed by atoms with Crippen LogP contribution in [0.3, 0.4) is 0 Å². The average Bonchev–Trinajstić information content (AvgIpc) is 2.48. The molecule has 0 atom stereocenters. The summed E-state index contributed by atoms with van der Waals surface area (Å²) in [5.74, 6) is 0.569. The van der Waals surface area contributed by atoms with Crippen LogP contribution in [0.15, 0.2) is 30.7 Å². The highest BCUT2D eigenvalue weighted by Crippen LogP contribution is 2.14. The monoisotopic (exact) mass is 259 g/mol. The van der Waals surface area contributed by atoms with E-state index in [-0.39, 0.29) is 23.8 Å². The quantitative estimate of drug-likeness (QED) is 0.754. The zero-order valence-electron chi connectivity index (χ0n) is 10.7. The first-order chi connectivity index (χ1) is 9.24. The van der Waals surface area contributed by atoms with Crippen molar-refractivity contribution in [1.82, 2.24) is 15.0 Å². The number of ketones is 1. The highest BCUT2D eigenvalue weighted by atomic mass is 16.5. The molecule has 0 fully saturated rings. The Labute approximate surface area is 110 Å². The van der Waals surface area contributed by atoms with Crippen molar-refractivity contribution in [2.24, 2.45) is 0 Å². The normalized spacial score (nSPS) is 10.0. The van der Waals surface area contributed by atoms with E-state index in [4.69, 9.17) is 9.47 Å². The lowest BCUT2D eigenvalue weighted by atomic mass is 10.1. The smallest absolute Gasteiger partial charge is 0.243 e. The molecule has 2 heterocycles. The highest BCUT2D eigenvalue weighted by molar-refractivity contribution is 5.97. The predicted octanol–water partition coefficient (Wildman–Crippen LogP) is 1.31. The van der Waals surface area contributed by atoms with Crippen molar-refractivity contribution < 1.29 is 14.3 Å². The fourth-order valence-corrected chi connectivity index (χ4v) is 1.57. The molecule has 0 aromatic carbocycles. The van der Waals surface area contributed by atoms with E-state index in [2.05, 4.69) is 15.0 Å². The third-order valence-corrected chi connectivity index (χ3v) is 2.49. The molecule has 0 aliphatic heterocycles. The Hall–Kier alpha value is -2.50. The highest BCUT2D eigenvalue weighted by Gasteiger charge is 2.15. The van der Waals surface area contributed by atoms with Gasteiger partial charge in [0, 0.05) is 31.1 Å². The lowest BCUT2D eigenvalue weighted by molar-refractivity contribution is 0.0984. The van der Waals surface area contributed by atoms with E-state index in [0.29, 0.717) is 5.88 Å². The van der Waals surface area contributed by atoms with Gasteiger partial charge in [-0.05, 0) is 5.56 Å². The summed E-state index contributed by atoms with van der Waals surface area (Å²) in [6.07, 6.45) is 4.72. The number of pyridine rings is 1. The van der Waals surface area contributed by atoms with Gasteiger partial charge in [0.05, 0.1) is 14.2 Å². The SMILES string of the molecule is COc1ccc(CC(=O)c2nccnc2OC)cn1. The molecular weight excluding hydrogens is 246 g/mol. The fourth-order valence-electron chi connectivity index (χ4n) is 1.57. The number of carbonyl (C=O) groups is 1. The molecule has 0 aliphatic rings. The lowest BCUT2D eigenvalue weighted by Gasteiger charge is -2.05. The molecule has 0 saturated carbocycles. The maximum atomic E-state index is 12.1. The number of hydrogen-bond acceptors (Lipinski definition) is 6. The van der Waals surface area contributed by atoms with Crippen molar-refractivity contribution in [3.05, 3.63) is 42.0 Å². The zero-order chi connectivity index (χ0) is 13.7. The van der Waals surface area contributed by atoms with Crippen LogP contribution in [-0.4, -0.2) is 35.0 Å². The summed E-state index contributed by atoms with van der Waals surface area (Å²) in [6, 6.07) is 3.49. The number of carbonyl (C=O) groups excluding carboxylic acids is 1. The Kier molecular flexibility index (Phi) is 4.02. The van der Waals surface area contributed by atoms with Crippen LogP contribution in [0.25, 0.3) is 0 Å². The Morgan fingerprint density at radius 3 is 2.53 bits per heavy atom. The van der Waals surface area contributed by atoms with E-state index in [0.717, 1.165) is 5.56 Å². The summed E-state index contributed by atoms with van der Waals surface area (Å²) in [5.41, 5.74) is 0.999. The summed E-state index contributed by atoms with van der Waals surface area (Å²) >= 11 is 0. The minimum absolute atomic E-state index is 0.170. The summed E-state index contributed by atoms with van der Waals surface area (Å²) in [7, 11) is 2.99. The van der Waals surface area contributed by atoms with Crippen LogP contribution in [-0.2, 0) is 6.42 Å². The molecule has 0 saturated heterocycles. The third kappa shape index (κ3) is 3.04. The maximum Gasteiger partial charge on any atom is 0.243 e. The molecule has 19 heavy (non-hydrogen) atoms. The zero-order valence-corrected chi connectivity index (χ0v) is 10.7. The van der Waals surface area contributed by atoms with Crippen LogP contribution in [0.4, 0.5) is 0 Å². The molecule has 2 aromatic rings. The number of hydrogen-bond donors (Lipinski definition) is 0. The summed E-state index contributed by atoms with van der Waals surface area (Å²) in [6.45, 7) is 0.